The van der Waals surface area contributed by atoms with Crippen LogP contribution in [-0.4, -0.2) is 48.9 Å². The van der Waals surface area contributed by atoms with Crippen molar-refractivity contribution in [2.45, 2.75) is 57.8 Å². The Balaban J connectivity index is 1.28. The van der Waals surface area contributed by atoms with Crippen molar-refractivity contribution in [1.82, 2.24) is 29.7 Å². The molecule has 3 aromatic heterocycles. The summed E-state index contributed by atoms with van der Waals surface area (Å²) >= 11 is 0. The van der Waals surface area contributed by atoms with Gasteiger partial charge in [0.05, 0.1) is 35.8 Å². The number of halogens is 2. The van der Waals surface area contributed by atoms with E-state index in [2.05, 4.69) is 25.9 Å². The van der Waals surface area contributed by atoms with Crippen molar-refractivity contribution < 1.29 is 13.5 Å². The van der Waals surface area contributed by atoms with E-state index >= 15 is 0 Å². The van der Waals surface area contributed by atoms with E-state index in [0.29, 0.717) is 41.6 Å². The fraction of sp³-hybridized carbons (Fsp3) is 0.444. The van der Waals surface area contributed by atoms with Gasteiger partial charge in [-0.25, -0.2) is 23.7 Å². The van der Waals surface area contributed by atoms with E-state index in [-0.39, 0.29) is 23.3 Å². The van der Waals surface area contributed by atoms with E-state index in [1.807, 2.05) is 31.9 Å². The maximum absolute atomic E-state index is 14.9. The predicted molar refractivity (Wildman–Crippen MR) is 133 cm³/mol. The highest BCUT2D eigenvalue weighted by molar-refractivity contribution is 5.88. The lowest BCUT2D eigenvalue weighted by molar-refractivity contribution is -0.0980. The summed E-state index contributed by atoms with van der Waals surface area (Å²) in [4.78, 5) is 20.8. The fourth-order valence-electron chi connectivity index (χ4n) is 5.89. The van der Waals surface area contributed by atoms with Gasteiger partial charge in [0.2, 0.25) is 5.95 Å². The average molecular weight is 504 g/mol. The van der Waals surface area contributed by atoms with Crippen LogP contribution in [0.15, 0.2) is 30.6 Å². The molecule has 1 saturated heterocycles. The first-order valence-corrected chi connectivity index (χ1v) is 12.7. The number of benzene rings is 1. The molecule has 1 aromatic carbocycles. The van der Waals surface area contributed by atoms with E-state index in [1.165, 1.54) is 31.4 Å². The lowest BCUT2D eigenvalue weighted by atomic mass is 9.50. The van der Waals surface area contributed by atoms with Crippen molar-refractivity contribution in [3.05, 3.63) is 59.2 Å². The molecule has 2 bridgehead atoms. The van der Waals surface area contributed by atoms with Crippen molar-refractivity contribution in [2.75, 3.05) is 18.0 Å². The zero-order valence-corrected chi connectivity index (χ0v) is 20.9. The number of morpholine rings is 1. The van der Waals surface area contributed by atoms with Crippen LogP contribution >= 0.6 is 0 Å². The first-order chi connectivity index (χ1) is 17.8. The fourth-order valence-corrected chi connectivity index (χ4v) is 5.89. The molecule has 1 aliphatic heterocycles. The molecule has 4 fully saturated rings. The number of fused-ring (bicyclic) bond motifs is 1. The van der Waals surface area contributed by atoms with Crippen LogP contribution in [0.4, 0.5) is 14.7 Å². The maximum atomic E-state index is 14.9. The summed E-state index contributed by atoms with van der Waals surface area (Å²) in [6, 6.07) is 3.46. The van der Waals surface area contributed by atoms with Crippen LogP contribution < -0.4 is 4.90 Å². The highest BCUT2D eigenvalue weighted by atomic mass is 19.1. The van der Waals surface area contributed by atoms with Crippen LogP contribution in [0, 0.1) is 31.4 Å². The average Bonchev–Trinajstić information content (AvgIpc) is 3.27. The van der Waals surface area contributed by atoms with E-state index in [0.717, 1.165) is 23.2 Å². The molecule has 10 heteroatoms. The normalized spacial score (nSPS) is 26.7. The molecule has 4 aliphatic rings. The molecule has 0 radical (unpaired) electrons. The summed E-state index contributed by atoms with van der Waals surface area (Å²) in [5.74, 6) is -0.0760. The Bertz CT molecular complexity index is 1540. The number of aromatic nitrogens is 6. The highest BCUT2D eigenvalue weighted by Crippen LogP contribution is 2.62. The molecule has 2 atom stereocenters. The molecule has 8 nitrogen and oxygen atoms in total. The maximum Gasteiger partial charge on any atom is 0.228 e. The SMILES string of the molecule is Cc1nc2nc(N3C[C@@H](C)O[C@H](c4cnn(C56CC(C5)C6)c4)C3)nc(-c3ccc(F)cc3F)c2nc1C. The van der Waals surface area contributed by atoms with E-state index in [4.69, 9.17) is 14.7 Å². The van der Waals surface area contributed by atoms with Crippen LogP contribution in [-0.2, 0) is 10.3 Å². The standard InChI is InChI=1S/C27H27F2N7O/c1-14-11-35(13-22(37-14)18-10-30-36(12-18)27-7-17(8-27)9-27)26-33-23(20-5-4-19(28)6-21(20)29)24-25(34-26)32-16(3)15(2)31-24/h4-6,10,12,14,17,22H,7-9,11,13H2,1-3H3/t14-,17?,22+,27?/m1/s1. The largest absolute Gasteiger partial charge is 0.367 e. The molecule has 0 unspecified atom stereocenters. The second-order valence-electron chi connectivity index (χ2n) is 10.8. The van der Waals surface area contributed by atoms with Gasteiger partial charge in [0, 0.05) is 29.9 Å². The van der Waals surface area contributed by atoms with E-state index in [1.54, 1.807) is 0 Å². The van der Waals surface area contributed by atoms with E-state index < -0.39 is 11.6 Å². The smallest absolute Gasteiger partial charge is 0.228 e. The highest BCUT2D eigenvalue weighted by Gasteiger charge is 2.58. The van der Waals surface area contributed by atoms with Gasteiger partial charge < -0.3 is 9.64 Å². The number of aryl methyl sites for hydroxylation is 2. The zero-order valence-electron chi connectivity index (χ0n) is 20.9. The summed E-state index contributed by atoms with van der Waals surface area (Å²) < 4.78 is 37.0. The zero-order chi connectivity index (χ0) is 25.5. The van der Waals surface area contributed by atoms with Crippen molar-refractivity contribution in [3.8, 4) is 11.3 Å². The number of rotatable bonds is 4. The Morgan fingerprint density at radius 1 is 1.00 bits per heavy atom. The Labute approximate surface area is 212 Å². The van der Waals surface area contributed by atoms with Gasteiger partial charge in [-0.2, -0.15) is 10.1 Å². The van der Waals surface area contributed by atoms with Crippen molar-refractivity contribution in [1.29, 1.82) is 0 Å². The summed E-state index contributed by atoms with van der Waals surface area (Å²) in [7, 11) is 0. The third-order valence-corrected chi connectivity index (χ3v) is 8.13. The van der Waals surface area contributed by atoms with Crippen LogP contribution in [0.2, 0.25) is 0 Å². The molecule has 8 rings (SSSR count). The monoisotopic (exact) mass is 503 g/mol. The molecule has 4 heterocycles. The van der Waals surface area contributed by atoms with Crippen LogP contribution in [0.5, 0.6) is 0 Å². The Hall–Kier alpha value is -3.53. The summed E-state index contributed by atoms with van der Waals surface area (Å²) in [5, 5.41) is 4.67. The first-order valence-electron chi connectivity index (χ1n) is 12.7. The Kier molecular flexibility index (Phi) is 4.89. The van der Waals surface area contributed by atoms with Crippen LogP contribution in [0.1, 0.15) is 49.2 Å². The minimum atomic E-state index is -0.708. The van der Waals surface area contributed by atoms with Gasteiger partial charge in [-0.3, -0.25) is 4.68 Å². The molecule has 0 amide bonds. The van der Waals surface area contributed by atoms with Gasteiger partial charge >= 0.3 is 0 Å². The van der Waals surface area contributed by atoms with Gasteiger partial charge in [-0.1, -0.05) is 0 Å². The lowest BCUT2D eigenvalue weighted by Crippen LogP contribution is -2.59. The molecule has 190 valence electrons. The molecule has 4 aromatic rings. The first kappa shape index (κ1) is 22.7. The lowest BCUT2D eigenvalue weighted by Gasteiger charge is -2.61. The second-order valence-corrected chi connectivity index (χ2v) is 10.8. The number of hydrogen-bond acceptors (Lipinski definition) is 7. The molecular formula is C27H27F2N7O. The van der Waals surface area contributed by atoms with Gasteiger partial charge in [0.25, 0.3) is 0 Å². The minimum absolute atomic E-state index is 0.0896. The predicted octanol–water partition coefficient (Wildman–Crippen LogP) is 4.65. The molecule has 0 N–H and O–H groups in total. The second kappa shape index (κ2) is 7.98. The number of nitrogens with zero attached hydrogens (tertiary/aromatic N) is 7. The third kappa shape index (κ3) is 3.60. The van der Waals surface area contributed by atoms with E-state index in [9.17, 15) is 8.78 Å². The van der Waals surface area contributed by atoms with Crippen LogP contribution in [0.25, 0.3) is 22.4 Å². The van der Waals surface area contributed by atoms with Crippen LogP contribution in [0.3, 0.4) is 0 Å². The topological polar surface area (TPSA) is 81.9 Å². The summed E-state index contributed by atoms with van der Waals surface area (Å²) in [6.45, 7) is 6.78. The van der Waals surface area contributed by atoms with Gasteiger partial charge in [0.15, 0.2) is 5.65 Å². The van der Waals surface area contributed by atoms with Gasteiger partial charge in [-0.05, 0) is 58.1 Å². The van der Waals surface area contributed by atoms with Gasteiger partial charge in [0.1, 0.15) is 28.9 Å². The van der Waals surface area contributed by atoms with Crippen molar-refractivity contribution in [2.24, 2.45) is 5.92 Å². The quantitative estimate of drug-likeness (QED) is 0.401. The number of ether oxygens (including phenoxy) is 1. The summed E-state index contributed by atoms with van der Waals surface area (Å²) in [5.41, 5.74) is 3.88. The Morgan fingerprint density at radius 3 is 2.51 bits per heavy atom. The number of anilines is 1. The molecule has 3 saturated carbocycles. The Morgan fingerprint density at radius 2 is 1.78 bits per heavy atom. The minimum Gasteiger partial charge on any atom is -0.367 e. The molecule has 37 heavy (non-hydrogen) atoms. The molecular weight excluding hydrogens is 476 g/mol. The van der Waals surface area contributed by atoms with Crippen molar-refractivity contribution in [3.63, 3.8) is 0 Å². The van der Waals surface area contributed by atoms with Gasteiger partial charge in [-0.15, -0.1) is 0 Å². The summed E-state index contributed by atoms with van der Waals surface area (Å²) in [6.07, 6.45) is 7.38. The third-order valence-electron chi connectivity index (χ3n) is 8.13. The molecule has 0 spiro atoms. The number of hydrogen-bond donors (Lipinski definition) is 0. The molecule has 3 aliphatic carbocycles. The van der Waals surface area contributed by atoms with Crippen molar-refractivity contribution >= 4 is 17.1 Å².